The highest BCUT2D eigenvalue weighted by Gasteiger charge is 2.24. The minimum Gasteiger partial charge on any atom is -0.468 e. The van der Waals surface area contributed by atoms with E-state index in [1.165, 1.54) is 10.7 Å². The van der Waals surface area contributed by atoms with Gasteiger partial charge in [0.15, 0.2) is 18.2 Å². The summed E-state index contributed by atoms with van der Waals surface area (Å²) < 4.78 is 21.0. The van der Waals surface area contributed by atoms with Crippen LogP contribution < -0.4 is 4.74 Å². The van der Waals surface area contributed by atoms with Gasteiger partial charge in [-0.15, -0.1) is 0 Å². The van der Waals surface area contributed by atoms with Crippen LogP contribution in [0.5, 0.6) is 5.75 Å². The summed E-state index contributed by atoms with van der Waals surface area (Å²) in [5.41, 5.74) is 1.01. The van der Waals surface area contributed by atoms with E-state index in [-0.39, 0.29) is 18.5 Å². The third-order valence-corrected chi connectivity index (χ3v) is 5.73. The molecule has 1 fully saturated rings. The van der Waals surface area contributed by atoms with Crippen LogP contribution in [0.15, 0.2) is 54.7 Å². The predicted octanol–water partition coefficient (Wildman–Crippen LogP) is 4.32. The van der Waals surface area contributed by atoms with Gasteiger partial charge in [-0.3, -0.25) is 9.69 Å². The van der Waals surface area contributed by atoms with Crippen molar-refractivity contribution < 1.29 is 13.9 Å². The normalized spacial score (nSPS) is 14.6. The second kappa shape index (κ2) is 9.68. The van der Waals surface area contributed by atoms with Crippen LogP contribution in [0.3, 0.4) is 0 Å². The molecule has 1 aliphatic rings. The summed E-state index contributed by atoms with van der Waals surface area (Å²) in [6, 6.07) is 13.5. The number of carbonyl (C=O) groups excluding carboxylic acids is 1. The van der Waals surface area contributed by atoms with Crippen LogP contribution in [-0.2, 0) is 13.3 Å². The van der Waals surface area contributed by atoms with Gasteiger partial charge in [0.25, 0.3) is 5.91 Å². The number of amides is 1. The van der Waals surface area contributed by atoms with Crippen LogP contribution in [0.2, 0.25) is 10.0 Å². The molecule has 162 valence electrons. The van der Waals surface area contributed by atoms with Crippen LogP contribution in [0.25, 0.3) is 0 Å². The molecule has 1 aromatic heterocycles. The van der Waals surface area contributed by atoms with Gasteiger partial charge in [-0.1, -0.05) is 47.5 Å². The maximum absolute atomic E-state index is 13.9. The minimum atomic E-state index is -0.202. The number of aromatic nitrogens is 2. The Hall–Kier alpha value is -2.61. The lowest BCUT2D eigenvalue weighted by Gasteiger charge is -2.34. The highest BCUT2D eigenvalue weighted by molar-refractivity contribution is 6.37. The van der Waals surface area contributed by atoms with Gasteiger partial charge in [-0.05, 0) is 24.3 Å². The second-order valence-electron chi connectivity index (χ2n) is 7.22. The van der Waals surface area contributed by atoms with Crippen molar-refractivity contribution >= 4 is 29.1 Å². The molecule has 0 radical (unpaired) electrons. The third kappa shape index (κ3) is 5.18. The number of nitrogens with zero attached hydrogens (tertiary/aromatic N) is 4. The molecule has 0 saturated carbocycles. The van der Waals surface area contributed by atoms with Crippen molar-refractivity contribution in [2.24, 2.45) is 0 Å². The molecule has 2 heterocycles. The van der Waals surface area contributed by atoms with Crippen molar-refractivity contribution in [3.63, 3.8) is 0 Å². The van der Waals surface area contributed by atoms with E-state index in [2.05, 4.69) is 10.00 Å². The molecule has 1 aliphatic heterocycles. The molecule has 0 atom stereocenters. The fourth-order valence-electron chi connectivity index (χ4n) is 3.44. The topological polar surface area (TPSA) is 50.6 Å². The third-order valence-electron chi connectivity index (χ3n) is 5.13. The van der Waals surface area contributed by atoms with Crippen LogP contribution in [-0.4, -0.2) is 51.7 Å². The zero-order chi connectivity index (χ0) is 21.8. The van der Waals surface area contributed by atoms with Gasteiger partial charge in [0.1, 0.15) is 5.82 Å². The first-order valence-corrected chi connectivity index (χ1v) is 10.6. The Morgan fingerprint density at radius 2 is 1.71 bits per heavy atom. The van der Waals surface area contributed by atoms with Gasteiger partial charge in [-0.2, -0.15) is 5.10 Å². The van der Waals surface area contributed by atoms with Crippen LogP contribution in [0, 0.1) is 5.82 Å². The largest absolute Gasteiger partial charge is 0.468 e. The predicted molar refractivity (Wildman–Crippen MR) is 117 cm³/mol. The first kappa shape index (κ1) is 21.6. The van der Waals surface area contributed by atoms with Crippen molar-refractivity contribution in [3.05, 3.63) is 81.8 Å². The summed E-state index contributed by atoms with van der Waals surface area (Å²) in [4.78, 5) is 16.7. The molecule has 31 heavy (non-hydrogen) atoms. The van der Waals surface area contributed by atoms with E-state index >= 15 is 0 Å². The average Bonchev–Trinajstić information content (AvgIpc) is 3.24. The van der Waals surface area contributed by atoms with Gasteiger partial charge in [0.05, 0.1) is 10.0 Å². The zero-order valence-electron chi connectivity index (χ0n) is 16.7. The quantitative estimate of drug-likeness (QED) is 0.547. The number of ether oxygens (including phenoxy) is 1. The van der Waals surface area contributed by atoms with E-state index in [0.717, 1.165) is 0 Å². The number of carbonyl (C=O) groups is 1. The smallest absolute Gasteiger partial charge is 0.274 e. The molecule has 0 N–H and O–H groups in total. The number of halogens is 3. The summed E-state index contributed by atoms with van der Waals surface area (Å²) in [7, 11) is 0. The highest BCUT2D eigenvalue weighted by atomic mass is 35.5. The van der Waals surface area contributed by atoms with Crippen molar-refractivity contribution in [3.8, 4) is 5.75 Å². The molecule has 4 rings (SSSR count). The molecule has 9 heteroatoms. The Morgan fingerprint density at radius 1 is 1.00 bits per heavy atom. The number of piperazine rings is 1. The van der Waals surface area contributed by atoms with Crippen molar-refractivity contribution in [1.82, 2.24) is 19.6 Å². The van der Waals surface area contributed by atoms with E-state index < -0.39 is 0 Å². The van der Waals surface area contributed by atoms with E-state index in [0.29, 0.717) is 59.8 Å². The first-order valence-electron chi connectivity index (χ1n) is 9.86. The molecular weight excluding hydrogens is 442 g/mol. The summed E-state index contributed by atoms with van der Waals surface area (Å²) in [6.07, 6.45) is 1.67. The Balaban J connectivity index is 1.30. The SMILES string of the molecule is O=C(c1ccn(COc2c(Cl)cccc2Cl)n1)N1CCN(Cc2ccccc2F)CC1. The van der Waals surface area contributed by atoms with Crippen LogP contribution in [0.4, 0.5) is 4.39 Å². The molecule has 0 unspecified atom stereocenters. The van der Waals surface area contributed by atoms with Crippen molar-refractivity contribution in [2.75, 3.05) is 26.2 Å². The van der Waals surface area contributed by atoms with E-state index in [9.17, 15) is 9.18 Å². The number of para-hydroxylation sites is 1. The molecular formula is C22H21Cl2FN4O2. The van der Waals surface area contributed by atoms with Gasteiger partial charge >= 0.3 is 0 Å². The van der Waals surface area contributed by atoms with Gasteiger partial charge in [-0.25, -0.2) is 9.07 Å². The Morgan fingerprint density at radius 3 is 2.42 bits per heavy atom. The number of rotatable bonds is 6. The summed E-state index contributed by atoms with van der Waals surface area (Å²) in [6.45, 7) is 3.08. The van der Waals surface area contributed by atoms with Crippen LogP contribution >= 0.6 is 23.2 Å². The molecule has 0 aliphatic carbocycles. The standard InChI is InChI=1S/C22H21Cl2FN4O2/c23-17-5-3-6-18(24)21(17)31-15-29-9-8-20(26-29)22(30)28-12-10-27(11-13-28)14-16-4-1-2-7-19(16)25/h1-9H,10-15H2. The zero-order valence-corrected chi connectivity index (χ0v) is 18.2. The lowest BCUT2D eigenvalue weighted by molar-refractivity contribution is 0.0619. The van der Waals surface area contributed by atoms with Crippen molar-refractivity contribution in [1.29, 1.82) is 0 Å². The lowest BCUT2D eigenvalue weighted by Crippen LogP contribution is -2.48. The lowest BCUT2D eigenvalue weighted by atomic mass is 10.2. The van der Waals surface area contributed by atoms with Crippen LogP contribution in [0.1, 0.15) is 16.1 Å². The minimum absolute atomic E-state index is 0.0765. The number of hydrogen-bond acceptors (Lipinski definition) is 4. The molecule has 0 bridgehead atoms. The van der Waals surface area contributed by atoms with Gasteiger partial charge in [0.2, 0.25) is 0 Å². The van der Waals surface area contributed by atoms with E-state index in [1.807, 2.05) is 6.07 Å². The molecule has 0 spiro atoms. The Labute approximate surface area is 189 Å². The molecule has 2 aromatic carbocycles. The average molecular weight is 463 g/mol. The number of benzene rings is 2. The summed E-state index contributed by atoms with van der Waals surface area (Å²) in [5, 5.41) is 5.12. The second-order valence-corrected chi connectivity index (χ2v) is 8.04. The monoisotopic (exact) mass is 462 g/mol. The summed E-state index contributed by atoms with van der Waals surface area (Å²) in [5.74, 6) is 0.0343. The Bertz CT molecular complexity index is 1050. The molecule has 1 saturated heterocycles. The maximum Gasteiger partial charge on any atom is 0.274 e. The fourth-order valence-corrected chi connectivity index (χ4v) is 3.94. The fraction of sp³-hybridized carbons (Fsp3) is 0.273. The molecule has 3 aromatic rings. The maximum atomic E-state index is 13.9. The molecule has 6 nitrogen and oxygen atoms in total. The van der Waals surface area contributed by atoms with E-state index in [1.54, 1.807) is 47.5 Å². The highest BCUT2D eigenvalue weighted by Crippen LogP contribution is 2.32. The summed E-state index contributed by atoms with van der Waals surface area (Å²) >= 11 is 12.2. The van der Waals surface area contributed by atoms with E-state index in [4.69, 9.17) is 27.9 Å². The van der Waals surface area contributed by atoms with Crippen molar-refractivity contribution in [2.45, 2.75) is 13.3 Å². The molecule has 1 amide bonds. The van der Waals surface area contributed by atoms with Gasteiger partial charge in [0, 0.05) is 44.5 Å². The van der Waals surface area contributed by atoms with Gasteiger partial charge < -0.3 is 9.64 Å². The Kier molecular flexibility index (Phi) is 6.75. The number of hydrogen-bond donors (Lipinski definition) is 0. The first-order chi connectivity index (χ1) is 15.0.